The molecule has 1 aliphatic heterocycles. The van der Waals surface area contributed by atoms with Crippen LogP contribution in [0.1, 0.15) is 5.56 Å². The van der Waals surface area contributed by atoms with Crippen molar-refractivity contribution in [1.82, 2.24) is 4.90 Å². The molecule has 0 fully saturated rings. The number of nitrogen functional groups attached to an aromatic ring is 1. The van der Waals surface area contributed by atoms with Crippen LogP contribution >= 0.6 is 0 Å². The summed E-state index contributed by atoms with van der Waals surface area (Å²) in [7, 11) is 0. The molecule has 1 heterocycles. The summed E-state index contributed by atoms with van der Waals surface area (Å²) in [4.78, 5) is 23.3. The minimum atomic E-state index is -1.11. The van der Waals surface area contributed by atoms with E-state index in [4.69, 9.17) is 10.8 Å². The largest absolute Gasteiger partial charge is 0.465 e. The van der Waals surface area contributed by atoms with E-state index in [9.17, 15) is 9.59 Å². The van der Waals surface area contributed by atoms with E-state index in [-0.39, 0.29) is 19.0 Å². The Morgan fingerprint density at radius 2 is 2.19 bits per heavy atom. The van der Waals surface area contributed by atoms with Crippen LogP contribution in [0.15, 0.2) is 18.2 Å². The van der Waals surface area contributed by atoms with Gasteiger partial charge in [0.2, 0.25) is 5.91 Å². The average Bonchev–Trinajstić information content (AvgIpc) is 2.35. The summed E-state index contributed by atoms with van der Waals surface area (Å²) in [5.41, 5.74) is 7.44. The van der Waals surface area contributed by atoms with Crippen LogP contribution in [0, 0.1) is 0 Å². The molecule has 2 rings (SSSR count). The number of nitrogens with zero attached hydrogens (tertiary/aromatic N) is 1. The Kier molecular flexibility index (Phi) is 2.40. The van der Waals surface area contributed by atoms with E-state index >= 15 is 0 Å². The van der Waals surface area contributed by atoms with Gasteiger partial charge < -0.3 is 16.2 Å². The van der Waals surface area contributed by atoms with Crippen molar-refractivity contribution >= 4 is 23.4 Å². The summed E-state index contributed by atoms with van der Waals surface area (Å²) in [6.45, 7) is 0.0214. The number of hydrogen-bond donors (Lipinski definition) is 3. The number of carboxylic acid groups (broad SMARTS) is 1. The van der Waals surface area contributed by atoms with E-state index in [0.717, 1.165) is 10.5 Å². The van der Waals surface area contributed by atoms with E-state index in [1.54, 1.807) is 18.2 Å². The van der Waals surface area contributed by atoms with Gasteiger partial charge in [-0.3, -0.25) is 9.69 Å². The molecule has 1 aromatic rings. The molecule has 0 aliphatic carbocycles. The third kappa shape index (κ3) is 1.90. The monoisotopic (exact) mass is 221 g/mol. The molecule has 0 saturated heterocycles. The van der Waals surface area contributed by atoms with Crippen molar-refractivity contribution in [3.05, 3.63) is 23.8 Å². The summed E-state index contributed by atoms with van der Waals surface area (Å²) < 4.78 is 0. The first kappa shape index (κ1) is 10.3. The highest BCUT2D eigenvalue weighted by atomic mass is 16.4. The number of hydrogen-bond acceptors (Lipinski definition) is 3. The first-order valence-electron chi connectivity index (χ1n) is 4.72. The fraction of sp³-hybridized carbons (Fsp3) is 0.200. The standard InChI is InChI=1S/C10H11N3O3/c11-7-2-1-6-4-13(10(15)16)5-9(14)12-8(6)3-7/h1-3H,4-5,11H2,(H,12,14)(H,15,16). The van der Waals surface area contributed by atoms with Crippen LogP contribution in [0.4, 0.5) is 16.2 Å². The first-order valence-corrected chi connectivity index (χ1v) is 4.72. The van der Waals surface area contributed by atoms with Crippen LogP contribution in [0.5, 0.6) is 0 Å². The molecule has 0 radical (unpaired) electrons. The zero-order valence-corrected chi connectivity index (χ0v) is 8.43. The van der Waals surface area contributed by atoms with Crippen molar-refractivity contribution in [2.75, 3.05) is 17.6 Å². The highest BCUT2D eigenvalue weighted by molar-refractivity contribution is 5.95. The third-order valence-electron chi connectivity index (χ3n) is 2.37. The number of nitrogens with one attached hydrogen (secondary N) is 1. The van der Waals surface area contributed by atoms with Crippen molar-refractivity contribution in [3.63, 3.8) is 0 Å². The van der Waals surface area contributed by atoms with Crippen LogP contribution in [0.3, 0.4) is 0 Å². The fourth-order valence-corrected chi connectivity index (χ4v) is 1.61. The number of rotatable bonds is 0. The SMILES string of the molecule is Nc1ccc2c(c1)NC(=O)CN(C(=O)O)C2. The van der Waals surface area contributed by atoms with E-state index in [1.807, 2.05) is 0 Å². The van der Waals surface area contributed by atoms with Crippen molar-refractivity contribution < 1.29 is 14.7 Å². The lowest BCUT2D eigenvalue weighted by atomic mass is 10.1. The number of fused-ring (bicyclic) bond motifs is 1. The lowest BCUT2D eigenvalue weighted by Crippen LogP contribution is -2.33. The summed E-state index contributed by atoms with van der Waals surface area (Å²) >= 11 is 0. The number of nitrogens with two attached hydrogens (primary N) is 1. The number of anilines is 2. The Labute approximate surface area is 91.7 Å². The quantitative estimate of drug-likeness (QED) is 0.562. The van der Waals surface area contributed by atoms with Crippen molar-refractivity contribution in [1.29, 1.82) is 0 Å². The van der Waals surface area contributed by atoms with Gasteiger partial charge in [0.25, 0.3) is 0 Å². The Morgan fingerprint density at radius 1 is 1.44 bits per heavy atom. The highest BCUT2D eigenvalue weighted by Gasteiger charge is 2.22. The van der Waals surface area contributed by atoms with Gasteiger partial charge in [-0.2, -0.15) is 0 Å². The minimum absolute atomic E-state index is 0.163. The number of benzene rings is 1. The molecule has 4 N–H and O–H groups in total. The molecule has 16 heavy (non-hydrogen) atoms. The smallest absolute Gasteiger partial charge is 0.408 e. The summed E-state index contributed by atoms with van der Waals surface area (Å²) in [6.07, 6.45) is -1.11. The van der Waals surface area contributed by atoms with Crippen LogP contribution in [-0.4, -0.2) is 28.6 Å². The molecule has 6 nitrogen and oxygen atoms in total. The van der Waals surface area contributed by atoms with E-state index in [1.165, 1.54) is 0 Å². The van der Waals surface area contributed by atoms with Gasteiger partial charge in [0.15, 0.2) is 0 Å². The Hall–Kier alpha value is -2.24. The lowest BCUT2D eigenvalue weighted by molar-refractivity contribution is -0.116. The Balaban J connectivity index is 2.39. The topological polar surface area (TPSA) is 95.7 Å². The van der Waals surface area contributed by atoms with Gasteiger partial charge in [0.05, 0.1) is 6.54 Å². The highest BCUT2D eigenvalue weighted by Crippen LogP contribution is 2.23. The third-order valence-corrected chi connectivity index (χ3v) is 2.37. The summed E-state index contributed by atoms with van der Waals surface area (Å²) in [6, 6.07) is 5.02. The van der Waals surface area contributed by atoms with Crippen molar-refractivity contribution in [3.8, 4) is 0 Å². The van der Waals surface area contributed by atoms with E-state index in [0.29, 0.717) is 11.4 Å². The molecule has 0 aromatic heterocycles. The average molecular weight is 221 g/mol. The minimum Gasteiger partial charge on any atom is -0.465 e. The molecule has 6 heteroatoms. The molecule has 1 aromatic carbocycles. The maximum Gasteiger partial charge on any atom is 0.408 e. The lowest BCUT2D eigenvalue weighted by Gasteiger charge is -2.14. The van der Waals surface area contributed by atoms with Crippen LogP contribution in [0.2, 0.25) is 0 Å². The molecule has 0 atom stereocenters. The Morgan fingerprint density at radius 3 is 2.88 bits per heavy atom. The molecular formula is C10H11N3O3. The Bertz CT molecular complexity index is 459. The molecular weight excluding hydrogens is 210 g/mol. The van der Waals surface area contributed by atoms with Crippen LogP contribution in [-0.2, 0) is 11.3 Å². The first-order chi connectivity index (χ1) is 7.56. The van der Waals surface area contributed by atoms with Gasteiger partial charge in [-0.1, -0.05) is 6.07 Å². The van der Waals surface area contributed by atoms with Crippen molar-refractivity contribution in [2.24, 2.45) is 0 Å². The van der Waals surface area contributed by atoms with Crippen LogP contribution < -0.4 is 11.1 Å². The molecule has 0 spiro atoms. The molecule has 0 bridgehead atoms. The fourth-order valence-electron chi connectivity index (χ4n) is 1.61. The molecule has 2 amide bonds. The molecule has 0 saturated carbocycles. The number of carbonyl (C=O) groups is 2. The van der Waals surface area contributed by atoms with Gasteiger partial charge in [-0.05, 0) is 17.7 Å². The van der Waals surface area contributed by atoms with Gasteiger partial charge in [-0.25, -0.2) is 4.79 Å². The number of amides is 2. The molecule has 0 unspecified atom stereocenters. The zero-order valence-electron chi connectivity index (χ0n) is 8.43. The predicted molar refractivity (Wildman–Crippen MR) is 57.9 cm³/mol. The van der Waals surface area contributed by atoms with Gasteiger partial charge in [-0.15, -0.1) is 0 Å². The summed E-state index contributed by atoms with van der Waals surface area (Å²) in [5.74, 6) is -0.355. The van der Waals surface area contributed by atoms with E-state index < -0.39 is 6.09 Å². The number of carbonyl (C=O) groups excluding carboxylic acids is 1. The maximum atomic E-state index is 11.4. The normalized spacial score (nSPS) is 15.0. The van der Waals surface area contributed by atoms with Gasteiger partial charge in [0.1, 0.15) is 6.54 Å². The molecule has 84 valence electrons. The van der Waals surface area contributed by atoms with Crippen LogP contribution in [0.25, 0.3) is 0 Å². The van der Waals surface area contributed by atoms with Crippen molar-refractivity contribution in [2.45, 2.75) is 6.54 Å². The predicted octanol–water partition coefficient (Wildman–Crippen LogP) is 0.701. The second kappa shape index (κ2) is 3.73. The summed E-state index contributed by atoms with van der Waals surface area (Å²) in [5, 5.41) is 11.5. The second-order valence-corrected chi connectivity index (χ2v) is 3.60. The van der Waals surface area contributed by atoms with Gasteiger partial charge in [0, 0.05) is 11.4 Å². The van der Waals surface area contributed by atoms with Gasteiger partial charge >= 0.3 is 6.09 Å². The zero-order chi connectivity index (χ0) is 11.7. The van der Waals surface area contributed by atoms with E-state index in [2.05, 4.69) is 5.32 Å². The molecule has 1 aliphatic rings. The second-order valence-electron chi connectivity index (χ2n) is 3.60. The maximum absolute atomic E-state index is 11.4.